The highest BCUT2D eigenvalue weighted by atomic mass is 32.2. The molecule has 0 aliphatic carbocycles. The number of nitrogens with zero attached hydrogens (tertiary/aromatic N) is 3. The number of carbonyl (C=O) groups is 2. The van der Waals surface area contributed by atoms with E-state index in [0.717, 1.165) is 10.6 Å². The second kappa shape index (κ2) is 8.33. The van der Waals surface area contributed by atoms with E-state index in [0.29, 0.717) is 5.56 Å². The number of aromatic nitrogens is 2. The van der Waals surface area contributed by atoms with Gasteiger partial charge < -0.3 is 14.5 Å². The van der Waals surface area contributed by atoms with Gasteiger partial charge in [-0.1, -0.05) is 12.1 Å². The summed E-state index contributed by atoms with van der Waals surface area (Å²) in [6.45, 7) is -0.242. The largest absolute Gasteiger partial charge is 0.456 e. The lowest BCUT2D eigenvalue weighted by Crippen LogP contribution is -2.31. The summed E-state index contributed by atoms with van der Waals surface area (Å²) in [6, 6.07) is 13.0. The van der Waals surface area contributed by atoms with Crippen molar-refractivity contribution in [2.45, 2.75) is 23.2 Å². The number of thioether (sulfide) groups is 1. The summed E-state index contributed by atoms with van der Waals surface area (Å²) in [5.41, 5.74) is 1.17. The van der Waals surface area contributed by atoms with Crippen molar-refractivity contribution in [2.75, 3.05) is 5.32 Å². The van der Waals surface area contributed by atoms with Gasteiger partial charge in [0.1, 0.15) is 0 Å². The van der Waals surface area contributed by atoms with Gasteiger partial charge in [-0.3, -0.25) is 19.7 Å². The number of nitrogens with one attached hydrogen (secondary N) is 1. The Kier molecular flexibility index (Phi) is 5.44. The lowest BCUT2D eigenvalue weighted by atomic mass is 10.2. The van der Waals surface area contributed by atoms with Crippen molar-refractivity contribution in [3.63, 3.8) is 0 Å². The summed E-state index contributed by atoms with van der Waals surface area (Å²) >= 11 is 1.31. The van der Waals surface area contributed by atoms with Crippen LogP contribution in [0.2, 0.25) is 0 Å². The number of hydrogen-bond donors (Lipinski definition) is 1. The molecule has 1 aliphatic rings. The van der Waals surface area contributed by atoms with Crippen LogP contribution in [0.3, 0.4) is 0 Å². The molecule has 4 rings (SSSR count). The molecule has 0 fully saturated rings. The molecule has 1 N–H and O–H groups in total. The van der Waals surface area contributed by atoms with E-state index in [1.165, 1.54) is 36.0 Å². The second-order valence-corrected chi connectivity index (χ2v) is 7.51. The number of ether oxygens (including phenoxy) is 1. The molecule has 30 heavy (non-hydrogen) atoms. The summed E-state index contributed by atoms with van der Waals surface area (Å²) in [7, 11) is 0. The SMILES string of the molecule is O=C(C[C@H]1Sc2ccccc2NC1=O)OCc1nnc(-c2ccc([N+](=O)[O-])cc2)o1. The van der Waals surface area contributed by atoms with E-state index in [9.17, 15) is 19.7 Å². The Labute approximate surface area is 173 Å². The summed E-state index contributed by atoms with van der Waals surface area (Å²) in [4.78, 5) is 35.4. The highest BCUT2D eigenvalue weighted by molar-refractivity contribution is 8.01. The Balaban J connectivity index is 1.32. The van der Waals surface area contributed by atoms with Crippen LogP contribution in [0, 0.1) is 10.1 Å². The van der Waals surface area contributed by atoms with E-state index in [-0.39, 0.29) is 36.4 Å². The third-order valence-corrected chi connectivity index (χ3v) is 5.48. The van der Waals surface area contributed by atoms with E-state index < -0.39 is 16.1 Å². The highest BCUT2D eigenvalue weighted by Crippen LogP contribution is 2.36. The van der Waals surface area contributed by atoms with Gasteiger partial charge in [-0.15, -0.1) is 22.0 Å². The molecule has 2 heterocycles. The second-order valence-electron chi connectivity index (χ2n) is 6.26. The Morgan fingerprint density at radius 1 is 1.20 bits per heavy atom. The minimum absolute atomic E-state index is 0.0559. The van der Waals surface area contributed by atoms with Crippen molar-refractivity contribution in [3.05, 3.63) is 64.5 Å². The van der Waals surface area contributed by atoms with Crippen molar-refractivity contribution in [3.8, 4) is 11.5 Å². The molecular formula is C19H14N4O6S. The van der Waals surface area contributed by atoms with Crippen LogP contribution in [0.1, 0.15) is 12.3 Å². The Morgan fingerprint density at radius 2 is 1.97 bits per heavy atom. The summed E-state index contributed by atoms with van der Waals surface area (Å²) < 4.78 is 10.6. The lowest BCUT2D eigenvalue weighted by molar-refractivity contribution is -0.384. The van der Waals surface area contributed by atoms with Crippen LogP contribution in [-0.2, 0) is 20.9 Å². The predicted molar refractivity (Wildman–Crippen MR) is 106 cm³/mol. The normalized spacial score (nSPS) is 15.2. The number of anilines is 1. The van der Waals surface area contributed by atoms with E-state index in [1.807, 2.05) is 18.2 Å². The molecule has 0 saturated carbocycles. The number of para-hydroxylation sites is 1. The minimum atomic E-state index is -0.592. The van der Waals surface area contributed by atoms with Gasteiger partial charge in [-0.05, 0) is 24.3 Å². The van der Waals surface area contributed by atoms with Crippen molar-refractivity contribution in [1.82, 2.24) is 10.2 Å². The zero-order valence-electron chi connectivity index (χ0n) is 15.3. The first-order valence-corrected chi connectivity index (χ1v) is 9.67. The monoisotopic (exact) mass is 426 g/mol. The quantitative estimate of drug-likeness (QED) is 0.358. The van der Waals surface area contributed by atoms with Crippen molar-refractivity contribution < 1.29 is 23.7 Å². The number of nitro benzene ring substituents is 1. The number of hydrogen-bond acceptors (Lipinski definition) is 9. The van der Waals surface area contributed by atoms with Gasteiger partial charge in [0.15, 0.2) is 6.61 Å². The first kappa shape index (κ1) is 19.6. The molecule has 0 radical (unpaired) electrons. The molecule has 2 aromatic carbocycles. The Morgan fingerprint density at radius 3 is 2.73 bits per heavy atom. The number of nitro groups is 1. The molecule has 0 unspecified atom stereocenters. The fraction of sp³-hybridized carbons (Fsp3) is 0.158. The fourth-order valence-corrected chi connectivity index (χ4v) is 3.83. The first-order chi connectivity index (χ1) is 14.5. The molecule has 1 amide bonds. The van der Waals surface area contributed by atoms with Crippen LogP contribution in [0.15, 0.2) is 57.8 Å². The average Bonchev–Trinajstić information content (AvgIpc) is 3.22. The molecule has 1 aliphatic heterocycles. The maximum atomic E-state index is 12.2. The number of amides is 1. The number of rotatable bonds is 6. The zero-order chi connectivity index (χ0) is 21.1. The molecule has 11 heteroatoms. The highest BCUT2D eigenvalue weighted by Gasteiger charge is 2.29. The number of fused-ring (bicyclic) bond motifs is 1. The average molecular weight is 426 g/mol. The first-order valence-electron chi connectivity index (χ1n) is 8.79. The summed E-state index contributed by atoms with van der Waals surface area (Å²) in [5, 5.41) is 20.5. The van der Waals surface area contributed by atoms with Gasteiger partial charge in [0, 0.05) is 22.6 Å². The maximum Gasteiger partial charge on any atom is 0.307 e. The van der Waals surface area contributed by atoms with E-state index in [4.69, 9.17) is 9.15 Å². The molecule has 10 nitrogen and oxygen atoms in total. The summed E-state index contributed by atoms with van der Waals surface area (Å²) in [6.07, 6.45) is -0.103. The molecule has 152 valence electrons. The molecule has 1 atom stereocenters. The molecule has 1 aromatic heterocycles. The van der Waals surface area contributed by atoms with Crippen LogP contribution in [0.5, 0.6) is 0 Å². The predicted octanol–water partition coefficient (Wildman–Crippen LogP) is 3.19. The minimum Gasteiger partial charge on any atom is -0.456 e. The van der Waals surface area contributed by atoms with Crippen molar-refractivity contribution >= 4 is 35.0 Å². The lowest BCUT2D eigenvalue weighted by Gasteiger charge is -2.23. The summed E-state index contributed by atoms with van der Waals surface area (Å²) in [5.74, 6) is -0.608. The van der Waals surface area contributed by atoms with Crippen LogP contribution in [-0.4, -0.2) is 32.2 Å². The molecule has 0 saturated heterocycles. The van der Waals surface area contributed by atoms with Gasteiger partial charge in [-0.2, -0.15) is 0 Å². The molecule has 0 bridgehead atoms. The topological polar surface area (TPSA) is 137 Å². The van der Waals surface area contributed by atoms with Gasteiger partial charge in [0.25, 0.3) is 11.6 Å². The van der Waals surface area contributed by atoms with Gasteiger partial charge >= 0.3 is 5.97 Å². The van der Waals surface area contributed by atoms with Crippen molar-refractivity contribution in [1.29, 1.82) is 0 Å². The van der Waals surface area contributed by atoms with Gasteiger partial charge in [0.05, 0.1) is 22.3 Å². The van der Waals surface area contributed by atoms with Crippen molar-refractivity contribution in [2.24, 2.45) is 0 Å². The Bertz CT molecular complexity index is 1110. The molecule has 0 spiro atoms. The Hall–Kier alpha value is -3.73. The van der Waals surface area contributed by atoms with E-state index in [1.54, 1.807) is 6.07 Å². The fourth-order valence-electron chi connectivity index (χ4n) is 2.73. The van der Waals surface area contributed by atoms with Crippen LogP contribution >= 0.6 is 11.8 Å². The third-order valence-electron chi connectivity index (χ3n) is 4.21. The zero-order valence-corrected chi connectivity index (χ0v) is 16.1. The number of benzene rings is 2. The van der Waals surface area contributed by atoms with Gasteiger partial charge in [0.2, 0.25) is 11.8 Å². The van der Waals surface area contributed by atoms with E-state index in [2.05, 4.69) is 15.5 Å². The van der Waals surface area contributed by atoms with E-state index >= 15 is 0 Å². The van der Waals surface area contributed by atoms with Crippen LogP contribution in [0.25, 0.3) is 11.5 Å². The van der Waals surface area contributed by atoms with Crippen LogP contribution in [0.4, 0.5) is 11.4 Å². The van der Waals surface area contributed by atoms with Gasteiger partial charge in [-0.25, -0.2) is 0 Å². The third kappa shape index (κ3) is 4.30. The number of non-ortho nitro benzene ring substituents is 1. The molecular weight excluding hydrogens is 412 g/mol. The smallest absolute Gasteiger partial charge is 0.307 e. The molecule has 3 aromatic rings. The number of carbonyl (C=O) groups excluding carboxylic acids is 2. The number of esters is 1. The standard InChI is InChI=1S/C19H14N4O6S/c24-17(9-15-18(25)20-13-3-1-2-4-14(13)30-15)28-10-16-21-22-19(29-16)11-5-7-12(8-6-11)23(26)27/h1-8,15H,9-10H2,(H,20,25)/t15-/m1/s1. The maximum absolute atomic E-state index is 12.2. The van der Waals surface area contributed by atoms with Crippen LogP contribution < -0.4 is 5.32 Å².